The minimum atomic E-state index is -0.152. The van der Waals surface area contributed by atoms with Gasteiger partial charge in [0.25, 0.3) is 0 Å². The van der Waals surface area contributed by atoms with Crippen LogP contribution in [-0.4, -0.2) is 96.1 Å². The molecule has 0 radical (unpaired) electrons. The molecule has 3 heterocycles. The van der Waals surface area contributed by atoms with E-state index in [2.05, 4.69) is 32.2 Å². The average Bonchev–Trinajstić information content (AvgIpc) is 3.30. The molecule has 0 saturated carbocycles. The molecule has 2 unspecified atom stereocenters. The number of hydrogen-bond donors (Lipinski definition) is 1. The maximum absolute atomic E-state index is 12.1. The number of nitrogens with zero attached hydrogens (tertiary/aromatic N) is 6. The summed E-state index contributed by atoms with van der Waals surface area (Å²) < 4.78 is 12.3. The topological polar surface area (TPSA) is 97.1 Å². The van der Waals surface area contributed by atoms with E-state index in [0.717, 1.165) is 70.0 Å². The van der Waals surface area contributed by atoms with Gasteiger partial charge in [0.2, 0.25) is 0 Å². The first kappa shape index (κ1) is 22.5. The second kappa shape index (κ2) is 10.7. The first-order valence-electron chi connectivity index (χ1n) is 10.8. The number of carbonyl (C=O) groups is 1. The van der Waals surface area contributed by atoms with Gasteiger partial charge >= 0.3 is 5.97 Å². The van der Waals surface area contributed by atoms with Crippen molar-refractivity contribution in [3.63, 3.8) is 0 Å². The van der Waals surface area contributed by atoms with E-state index in [9.17, 15) is 4.79 Å². The van der Waals surface area contributed by atoms with Gasteiger partial charge in [-0.25, -0.2) is 4.99 Å². The van der Waals surface area contributed by atoms with Crippen LogP contribution in [0.4, 0.5) is 0 Å². The van der Waals surface area contributed by atoms with Crippen LogP contribution >= 0.6 is 0 Å². The van der Waals surface area contributed by atoms with Gasteiger partial charge in [0, 0.05) is 39.8 Å². The highest BCUT2D eigenvalue weighted by Gasteiger charge is 2.37. The number of aromatic nitrogens is 3. The predicted molar refractivity (Wildman–Crippen MR) is 113 cm³/mol. The summed E-state index contributed by atoms with van der Waals surface area (Å²) in [5.74, 6) is 2.43. The smallest absolute Gasteiger partial charge is 0.310 e. The van der Waals surface area contributed by atoms with Gasteiger partial charge < -0.3 is 24.3 Å². The summed E-state index contributed by atoms with van der Waals surface area (Å²) in [4.78, 5) is 21.5. The molecule has 2 aliphatic rings. The predicted octanol–water partition coefficient (Wildman–Crippen LogP) is 0.0323. The first-order valence-corrected chi connectivity index (χ1v) is 10.8. The zero-order chi connectivity index (χ0) is 21.5. The number of aryl methyl sites for hydroxylation is 1. The molecule has 2 fully saturated rings. The summed E-state index contributed by atoms with van der Waals surface area (Å²) in [6, 6.07) is 0. The van der Waals surface area contributed by atoms with E-state index in [-0.39, 0.29) is 17.8 Å². The molecule has 2 atom stereocenters. The number of esters is 1. The molecule has 1 aromatic heterocycles. The number of ether oxygens (including phenoxy) is 2. The minimum Gasteiger partial charge on any atom is -0.469 e. The maximum atomic E-state index is 12.1. The highest BCUT2D eigenvalue weighted by molar-refractivity contribution is 5.82. The largest absolute Gasteiger partial charge is 0.469 e. The molecular weight excluding hydrogens is 386 g/mol. The van der Waals surface area contributed by atoms with E-state index >= 15 is 0 Å². The van der Waals surface area contributed by atoms with Crippen LogP contribution in [0.5, 0.6) is 0 Å². The Labute approximate surface area is 178 Å². The Kier molecular flexibility index (Phi) is 8.03. The SMILES string of the molecule is COC(=O)C1CN(C(=NCc2nnc(C)n2C)NCCCN2CCOCC2)CC1C. The van der Waals surface area contributed by atoms with Gasteiger partial charge in [-0.05, 0) is 25.8 Å². The zero-order valence-electron chi connectivity index (χ0n) is 18.6. The van der Waals surface area contributed by atoms with Crippen LogP contribution in [0.25, 0.3) is 0 Å². The summed E-state index contributed by atoms with van der Waals surface area (Å²) in [7, 11) is 3.40. The molecule has 0 aliphatic carbocycles. The van der Waals surface area contributed by atoms with Crippen LogP contribution in [0.15, 0.2) is 4.99 Å². The Bertz CT molecular complexity index is 730. The van der Waals surface area contributed by atoms with Crippen LogP contribution in [-0.2, 0) is 27.9 Å². The van der Waals surface area contributed by atoms with Gasteiger partial charge in [-0.15, -0.1) is 10.2 Å². The van der Waals surface area contributed by atoms with Crippen molar-refractivity contribution in [1.82, 2.24) is 29.9 Å². The van der Waals surface area contributed by atoms with Gasteiger partial charge in [0.05, 0.1) is 26.2 Å². The molecule has 168 valence electrons. The number of guanidine groups is 1. The second-order valence-corrected chi connectivity index (χ2v) is 8.11. The van der Waals surface area contributed by atoms with Crippen LogP contribution in [0.1, 0.15) is 25.0 Å². The van der Waals surface area contributed by atoms with E-state index in [1.165, 1.54) is 7.11 Å². The fraction of sp³-hybridized carbons (Fsp3) is 0.800. The number of nitrogens with one attached hydrogen (secondary N) is 1. The molecule has 30 heavy (non-hydrogen) atoms. The van der Waals surface area contributed by atoms with E-state index in [0.29, 0.717) is 13.1 Å². The Morgan fingerprint density at radius 2 is 2.07 bits per heavy atom. The van der Waals surface area contributed by atoms with Crippen molar-refractivity contribution in [3.8, 4) is 0 Å². The number of rotatable bonds is 7. The maximum Gasteiger partial charge on any atom is 0.310 e. The third-order valence-corrected chi connectivity index (χ3v) is 6.01. The molecule has 0 spiro atoms. The summed E-state index contributed by atoms with van der Waals surface area (Å²) in [6.07, 6.45) is 1.02. The van der Waals surface area contributed by atoms with Crippen molar-refractivity contribution in [2.75, 3.05) is 59.6 Å². The number of morpholine rings is 1. The first-order chi connectivity index (χ1) is 14.5. The van der Waals surface area contributed by atoms with Crippen molar-refractivity contribution in [1.29, 1.82) is 0 Å². The average molecular weight is 422 g/mol. The lowest BCUT2D eigenvalue weighted by Gasteiger charge is -2.27. The molecule has 10 nitrogen and oxygen atoms in total. The monoisotopic (exact) mass is 421 g/mol. The lowest BCUT2D eigenvalue weighted by molar-refractivity contribution is -0.145. The third kappa shape index (κ3) is 5.69. The van der Waals surface area contributed by atoms with E-state index in [1.54, 1.807) is 0 Å². The molecule has 1 aromatic rings. The molecular formula is C20H35N7O3. The molecule has 0 aromatic carbocycles. The number of carbonyl (C=O) groups excluding carboxylic acids is 1. The van der Waals surface area contributed by atoms with Crippen molar-refractivity contribution >= 4 is 11.9 Å². The van der Waals surface area contributed by atoms with Gasteiger partial charge in [0.15, 0.2) is 11.8 Å². The van der Waals surface area contributed by atoms with Gasteiger partial charge in [-0.2, -0.15) is 0 Å². The zero-order valence-corrected chi connectivity index (χ0v) is 18.6. The number of likely N-dealkylation sites (tertiary alicyclic amines) is 1. The third-order valence-electron chi connectivity index (χ3n) is 6.01. The molecule has 1 N–H and O–H groups in total. The molecule has 2 aliphatic heterocycles. The fourth-order valence-electron chi connectivity index (χ4n) is 3.93. The lowest BCUT2D eigenvalue weighted by Crippen LogP contribution is -2.42. The highest BCUT2D eigenvalue weighted by Crippen LogP contribution is 2.24. The van der Waals surface area contributed by atoms with E-state index in [4.69, 9.17) is 14.5 Å². The number of aliphatic imine (C=N–C) groups is 1. The normalized spacial score (nSPS) is 23.1. The summed E-state index contributed by atoms with van der Waals surface area (Å²) in [5, 5.41) is 11.8. The van der Waals surface area contributed by atoms with E-state index in [1.807, 2.05) is 18.5 Å². The van der Waals surface area contributed by atoms with Crippen LogP contribution in [0.3, 0.4) is 0 Å². The molecule has 0 amide bonds. The summed E-state index contributed by atoms with van der Waals surface area (Å²) in [6.45, 7) is 11.3. The van der Waals surface area contributed by atoms with Gasteiger partial charge in [0.1, 0.15) is 12.4 Å². The quantitative estimate of drug-likeness (QED) is 0.285. The Morgan fingerprint density at radius 3 is 2.73 bits per heavy atom. The summed E-state index contributed by atoms with van der Waals surface area (Å²) in [5.41, 5.74) is 0. The van der Waals surface area contributed by atoms with Crippen molar-refractivity contribution in [3.05, 3.63) is 11.6 Å². The minimum absolute atomic E-state index is 0.132. The molecule has 3 rings (SSSR count). The van der Waals surface area contributed by atoms with Crippen LogP contribution < -0.4 is 5.32 Å². The Balaban J connectivity index is 1.61. The van der Waals surface area contributed by atoms with Crippen LogP contribution in [0.2, 0.25) is 0 Å². The van der Waals surface area contributed by atoms with Crippen molar-refractivity contribution < 1.29 is 14.3 Å². The summed E-state index contributed by atoms with van der Waals surface area (Å²) >= 11 is 0. The highest BCUT2D eigenvalue weighted by atomic mass is 16.5. The van der Waals surface area contributed by atoms with Crippen molar-refractivity contribution in [2.45, 2.75) is 26.8 Å². The van der Waals surface area contributed by atoms with Gasteiger partial charge in [-0.3, -0.25) is 9.69 Å². The lowest BCUT2D eigenvalue weighted by atomic mass is 9.99. The Morgan fingerprint density at radius 1 is 1.30 bits per heavy atom. The van der Waals surface area contributed by atoms with Crippen molar-refractivity contribution in [2.24, 2.45) is 23.9 Å². The molecule has 0 bridgehead atoms. The molecule has 2 saturated heterocycles. The number of methoxy groups -OCH3 is 1. The molecule has 10 heteroatoms. The van der Waals surface area contributed by atoms with Crippen LogP contribution in [0, 0.1) is 18.8 Å². The van der Waals surface area contributed by atoms with Gasteiger partial charge in [-0.1, -0.05) is 6.92 Å². The second-order valence-electron chi connectivity index (χ2n) is 8.11. The Hall–Kier alpha value is -2.20. The van der Waals surface area contributed by atoms with E-state index < -0.39 is 0 Å². The standard InChI is InChI=1S/C20H35N7O3/c1-15-13-27(14-17(15)19(28)29-4)20(22-12-18-24-23-16(2)25(18)3)21-6-5-7-26-8-10-30-11-9-26/h15,17H,5-14H2,1-4H3,(H,21,22). The fourth-order valence-corrected chi connectivity index (χ4v) is 3.93. The number of hydrogen-bond acceptors (Lipinski definition) is 7.